The number of pyridine rings is 1. The predicted octanol–water partition coefficient (Wildman–Crippen LogP) is 3.99. The van der Waals surface area contributed by atoms with E-state index in [1.54, 1.807) is 11.8 Å². The van der Waals surface area contributed by atoms with E-state index in [1.807, 2.05) is 0 Å². The van der Waals surface area contributed by atoms with E-state index < -0.39 is 0 Å². The monoisotopic (exact) mass is 264 g/mol. The fraction of sp³-hybridized carbons (Fsp3) is 0.667. The fourth-order valence-corrected chi connectivity index (χ4v) is 3.13. The van der Waals surface area contributed by atoms with Crippen molar-refractivity contribution in [1.29, 1.82) is 0 Å². The van der Waals surface area contributed by atoms with Crippen molar-refractivity contribution in [3.63, 3.8) is 0 Å². The van der Waals surface area contributed by atoms with E-state index in [0.29, 0.717) is 6.04 Å². The normalized spacial score (nSPS) is 21.4. The van der Waals surface area contributed by atoms with Crippen LogP contribution in [-0.4, -0.2) is 29.2 Å². The number of hydrogen-bond donors (Lipinski definition) is 0. The first-order valence-corrected chi connectivity index (χ1v) is 8.17. The highest BCUT2D eigenvalue weighted by Gasteiger charge is 2.24. The Morgan fingerprint density at radius 1 is 1.39 bits per heavy atom. The maximum atomic E-state index is 4.52. The quantitative estimate of drug-likeness (QED) is 0.765. The lowest BCUT2D eigenvalue weighted by Gasteiger charge is -2.37. The fourth-order valence-electron chi connectivity index (χ4n) is 2.77. The molecule has 0 amide bonds. The zero-order valence-corrected chi connectivity index (χ0v) is 12.5. The summed E-state index contributed by atoms with van der Waals surface area (Å²) in [5.74, 6) is 0.740. The predicted molar refractivity (Wildman–Crippen MR) is 79.0 cm³/mol. The number of rotatable bonds is 4. The van der Waals surface area contributed by atoms with Crippen LogP contribution < -0.4 is 0 Å². The molecule has 1 unspecified atom stereocenters. The molecule has 0 aromatic carbocycles. The lowest BCUT2D eigenvalue weighted by atomic mass is 9.95. The zero-order valence-electron chi connectivity index (χ0n) is 11.7. The summed E-state index contributed by atoms with van der Waals surface area (Å²) in [4.78, 5) is 7.17. The number of nitrogens with zero attached hydrogens (tertiary/aromatic N) is 2. The Labute approximate surface area is 115 Å². The van der Waals surface area contributed by atoms with Crippen molar-refractivity contribution in [3.8, 4) is 0 Å². The Morgan fingerprint density at radius 3 is 2.83 bits per heavy atom. The average molecular weight is 264 g/mol. The van der Waals surface area contributed by atoms with Crippen LogP contribution in [0.15, 0.2) is 23.4 Å². The van der Waals surface area contributed by atoms with Crippen LogP contribution in [0.2, 0.25) is 0 Å². The molecule has 2 heterocycles. The van der Waals surface area contributed by atoms with E-state index in [0.717, 1.165) is 10.9 Å². The van der Waals surface area contributed by atoms with Gasteiger partial charge in [-0.05, 0) is 43.2 Å². The van der Waals surface area contributed by atoms with Crippen LogP contribution in [0.25, 0.3) is 0 Å². The molecule has 100 valence electrons. The van der Waals surface area contributed by atoms with Crippen LogP contribution in [0.5, 0.6) is 0 Å². The second-order valence-electron chi connectivity index (χ2n) is 5.53. The van der Waals surface area contributed by atoms with Crippen LogP contribution in [0.3, 0.4) is 0 Å². The third-order valence-corrected chi connectivity index (χ3v) is 4.23. The van der Waals surface area contributed by atoms with Gasteiger partial charge >= 0.3 is 0 Å². The minimum absolute atomic E-state index is 0.588. The van der Waals surface area contributed by atoms with Gasteiger partial charge < -0.3 is 0 Å². The topological polar surface area (TPSA) is 16.1 Å². The molecule has 1 aliphatic rings. The second kappa shape index (κ2) is 6.58. The molecule has 0 N–H and O–H groups in total. The Balaban J connectivity index is 2.11. The first-order chi connectivity index (χ1) is 8.70. The minimum Gasteiger partial charge on any atom is -0.296 e. The summed E-state index contributed by atoms with van der Waals surface area (Å²) in [6.07, 6.45) is 8.14. The van der Waals surface area contributed by atoms with Crippen LogP contribution in [0.4, 0.5) is 0 Å². The molecule has 0 aliphatic carbocycles. The van der Waals surface area contributed by atoms with Gasteiger partial charge in [-0.25, -0.2) is 4.98 Å². The SMILES string of the molecule is CSc1ccc(C2CCCCN2CC(C)C)cn1. The van der Waals surface area contributed by atoms with Crippen molar-refractivity contribution >= 4 is 11.8 Å². The van der Waals surface area contributed by atoms with E-state index in [1.165, 1.54) is 37.9 Å². The maximum absolute atomic E-state index is 4.52. The Kier molecular flexibility index (Phi) is 5.07. The van der Waals surface area contributed by atoms with Gasteiger partial charge in [0.15, 0.2) is 0 Å². The highest BCUT2D eigenvalue weighted by atomic mass is 32.2. The highest BCUT2D eigenvalue weighted by molar-refractivity contribution is 7.98. The maximum Gasteiger partial charge on any atom is 0.0957 e. The summed E-state index contributed by atoms with van der Waals surface area (Å²) in [6, 6.07) is 5.01. The molecule has 0 saturated carbocycles. The molecule has 1 atom stereocenters. The third kappa shape index (κ3) is 3.48. The van der Waals surface area contributed by atoms with Gasteiger partial charge in [-0.1, -0.05) is 26.3 Å². The van der Waals surface area contributed by atoms with Crippen LogP contribution >= 0.6 is 11.8 Å². The number of piperidine rings is 1. The summed E-state index contributed by atoms with van der Waals surface area (Å²) in [6.45, 7) is 7.06. The van der Waals surface area contributed by atoms with Crippen LogP contribution in [0.1, 0.15) is 44.7 Å². The molecule has 0 spiro atoms. The van der Waals surface area contributed by atoms with Crippen molar-refractivity contribution < 1.29 is 0 Å². The van der Waals surface area contributed by atoms with Crippen LogP contribution in [0, 0.1) is 5.92 Å². The first kappa shape index (κ1) is 13.9. The van der Waals surface area contributed by atoms with Crippen molar-refractivity contribution in [2.45, 2.75) is 44.2 Å². The van der Waals surface area contributed by atoms with Gasteiger partial charge in [-0.15, -0.1) is 11.8 Å². The van der Waals surface area contributed by atoms with E-state index in [4.69, 9.17) is 0 Å². The Morgan fingerprint density at radius 2 is 2.22 bits per heavy atom. The molecule has 1 aromatic heterocycles. The van der Waals surface area contributed by atoms with Crippen molar-refractivity contribution in [2.24, 2.45) is 5.92 Å². The van der Waals surface area contributed by atoms with Crippen molar-refractivity contribution in [1.82, 2.24) is 9.88 Å². The largest absolute Gasteiger partial charge is 0.296 e. The average Bonchev–Trinajstić information content (AvgIpc) is 2.39. The van der Waals surface area contributed by atoms with Gasteiger partial charge in [-0.3, -0.25) is 4.90 Å². The summed E-state index contributed by atoms with van der Waals surface area (Å²) in [5, 5.41) is 1.12. The summed E-state index contributed by atoms with van der Waals surface area (Å²) in [7, 11) is 0. The Hall–Kier alpha value is -0.540. The van der Waals surface area contributed by atoms with Gasteiger partial charge in [0, 0.05) is 18.8 Å². The number of aromatic nitrogens is 1. The molecule has 1 fully saturated rings. The standard InChI is InChI=1S/C15H24N2S/c1-12(2)11-17-9-5-4-6-14(17)13-7-8-15(18-3)16-10-13/h7-8,10,12,14H,4-6,9,11H2,1-3H3. The molecule has 1 aromatic rings. The third-order valence-electron chi connectivity index (χ3n) is 3.57. The van der Waals surface area contributed by atoms with Crippen molar-refractivity contribution in [3.05, 3.63) is 23.9 Å². The van der Waals surface area contributed by atoms with Gasteiger partial charge in [0.05, 0.1) is 5.03 Å². The highest BCUT2D eigenvalue weighted by Crippen LogP contribution is 2.31. The summed E-state index contributed by atoms with van der Waals surface area (Å²) < 4.78 is 0. The number of thioether (sulfide) groups is 1. The molecular weight excluding hydrogens is 240 g/mol. The lowest BCUT2D eigenvalue weighted by Crippen LogP contribution is -2.36. The van der Waals surface area contributed by atoms with E-state index in [9.17, 15) is 0 Å². The van der Waals surface area contributed by atoms with E-state index >= 15 is 0 Å². The molecule has 1 saturated heterocycles. The van der Waals surface area contributed by atoms with Crippen molar-refractivity contribution in [2.75, 3.05) is 19.3 Å². The first-order valence-electron chi connectivity index (χ1n) is 6.94. The summed E-state index contributed by atoms with van der Waals surface area (Å²) in [5.41, 5.74) is 1.40. The minimum atomic E-state index is 0.588. The van der Waals surface area contributed by atoms with E-state index in [2.05, 4.69) is 48.3 Å². The molecule has 0 radical (unpaired) electrons. The molecule has 18 heavy (non-hydrogen) atoms. The zero-order chi connectivity index (χ0) is 13.0. The molecular formula is C15H24N2S. The summed E-state index contributed by atoms with van der Waals surface area (Å²) >= 11 is 1.71. The molecule has 2 rings (SSSR count). The van der Waals surface area contributed by atoms with Crippen LogP contribution in [-0.2, 0) is 0 Å². The van der Waals surface area contributed by atoms with Gasteiger partial charge in [0.1, 0.15) is 0 Å². The van der Waals surface area contributed by atoms with E-state index in [-0.39, 0.29) is 0 Å². The molecule has 0 bridgehead atoms. The molecule has 3 heteroatoms. The van der Waals surface area contributed by atoms with Gasteiger partial charge in [0.25, 0.3) is 0 Å². The smallest absolute Gasteiger partial charge is 0.0957 e. The molecule has 1 aliphatic heterocycles. The van der Waals surface area contributed by atoms with Gasteiger partial charge in [0.2, 0.25) is 0 Å². The molecule has 2 nitrogen and oxygen atoms in total. The lowest BCUT2D eigenvalue weighted by molar-refractivity contribution is 0.132. The van der Waals surface area contributed by atoms with Gasteiger partial charge in [-0.2, -0.15) is 0 Å². The second-order valence-corrected chi connectivity index (χ2v) is 6.36. The number of hydrogen-bond acceptors (Lipinski definition) is 3. The Bertz CT molecular complexity index is 361. The number of likely N-dealkylation sites (tertiary alicyclic amines) is 1.